The molecule has 0 saturated carbocycles. The first-order chi connectivity index (χ1) is 8.38. The molecule has 0 radical (unpaired) electrons. The van der Waals surface area contributed by atoms with E-state index in [0.717, 1.165) is 13.1 Å². The van der Waals surface area contributed by atoms with Crippen LogP contribution in [0.15, 0.2) is 30.3 Å². The number of likely N-dealkylation sites (N-methyl/N-ethyl adjacent to an activating group) is 1. The summed E-state index contributed by atoms with van der Waals surface area (Å²) in [6.45, 7) is 4.56. The van der Waals surface area contributed by atoms with Crippen LogP contribution in [0.5, 0.6) is 0 Å². The van der Waals surface area contributed by atoms with Gasteiger partial charge in [-0.15, -0.1) is 0 Å². The first-order valence-electron chi connectivity index (χ1n) is 6.51. The van der Waals surface area contributed by atoms with Crippen LogP contribution >= 0.6 is 0 Å². The summed E-state index contributed by atoms with van der Waals surface area (Å²) in [4.78, 5) is 2.54. The second-order valence-electron chi connectivity index (χ2n) is 4.69. The minimum Gasteiger partial charge on any atom is -0.316 e. The molecule has 0 spiro atoms. The molecular weight excluding hydrogens is 208 g/mol. The van der Waals surface area contributed by atoms with Crippen LogP contribution in [0.1, 0.15) is 24.0 Å². The van der Waals surface area contributed by atoms with Crippen LogP contribution in [-0.4, -0.2) is 31.6 Å². The fourth-order valence-electron chi connectivity index (χ4n) is 2.31. The van der Waals surface area contributed by atoms with E-state index < -0.39 is 0 Å². The molecule has 1 aliphatic heterocycles. The number of likely N-dealkylation sites (tertiary alicyclic amines) is 1. The molecule has 2 nitrogen and oxygen atoms in total. The largest absolute Gasteiger partial charge is 0.316 e. The second-order valence-corrected chi connectivity index (χ2v) is 4.69. The monoisotopic (exact) mass is 230 g/mol. The number of rotatable bonds is 5. The molecule has 0 bridgehead atoms. The third-order valence-electron chi connectivity index (χ3n) is 3.19. The molecule has 1 aliphatic rings. The summed E-state index contributed by atoms with van der Waals surface area (Å²) in [5.41, 5.74) is 2.73. The van der Waals surface area contributed by atoms with Crippen LogP contribution in [0.2, 0.25) is 0 Å². The molecule has 0 atom stereocenters. The molecule has 1 heterocycles. The Labute approximate surface area is 104 Å². The lowest BCUT2D eigenvalue weighted by atomic mass is 10.1. The molecule has 2 rings (SSSR count). The SMILES string of the molecule is CNCC=Cc1cccc(CN2CCCC2)c1. The van der Waals surface area contributed by atoms with Gasteiger partial charge in [-0.2, -0.15) is 0 Å². The van der Waals surface area contributed by atoms with Crippen molar-refractivity contribution in [1.82, 2.24) is 10.2 Å². The van der Waals surface area contributed by atoms with E-state index in [1.54, 1.807) is 0 Å². The predicted molar refractivity (Wildman–Crippen MR) is 73.9 cm³/mol. The average Bonchev–Trinajstić information content (AvgIpc) is 2.83. The van der Waals surface area contributed by atoms with Crippen LogP contribution in [0, 0.1) is 0 Å². The summed E-state index contributed by atoms with van der Waals surface area (Å²) in [6, 6.07) is 8.85. The first kappa shape index (κ1) is 12.3. The van der Waals surface area contributed by atoms with Crippen molar-refractivity contribution in [2.45, 2.75) is 19.4 Å². The maximum absolute atomic E-state index is 3.12. The van der Waals surface area contributed by atoms with E-state index in [0.29, 0.717) is 0 Å². The van der Waals surface area contributed by atoms with Crippen molar-refractivity contribution in [3.05, 3.63) is 41.5 Å². The van der Waals surface area contributed by atoms with Gasteiger partial charge in [0.25, 0.3) is 0 Å². The summed E-state index contributed by atoms with van der Waals surface area (Å²) in [5, 5.41) is 3.12. The van der Waals surface area contributed by atoms with Crippen LogP contribution < -0.4 is 5.32 Å². The van der Waals surface area contributed by atoms with Crippen molar-refractivity contribution in [3.63, 3.8) is 0 Å². The van der Waals surface area contributed by atoms with Gasteiger partial charge in [-0.3, -0.25) is 4.90 Å². The molecule has 2 heteroatoms. The van der Waals surface area contributed by atoms with Crippen molar-refractivity contribution in [1.29, 1.82) is 0 Å². The van der Waals surface area contributed by atoms with Crippen LogP contribution in [0.3, 0.4) is 0 Å². The molecule has 0 unspecified atom stereocenters. The van der Waals surface area contributed by atoms with Crippen LogP contribution in [0.4, 0.5) is 0 Å². The van der Waals surface area contributed by atoms with E-state index >= 15 is 0 Å². The normalized spacial score (nSPS) is 17.0. The van der Waals surface area contributed by atoms with E-state index in [2.05, 4.69) is 46.6 Å². The van der Waals surface area contributed by atoms with E-state index in [1.165, 1.54) is 37.1 Å². The Balaban J connectivity index is 1.95. The van der Waals surface area contributed by atoms with Crippen molar-refractivity contribution >= 4 is 6.08 Å². The highest BCUT2D eigenvalue weighted by atomic mass is 15.1. The Kier molecular flexibility index (Phi) is 4.77. The van der Waals surface area contributed by atoms with Gasteiger partial charge in [-0.1, -0.05) is 36.4 Å². The fraction of sp³-hybridized carbons (Fsp3) is 0.467. The summed E-state index contributed by atoms with van der Waals surface area (Å²) >= 11 is 0. The topological polar surface area (TPSA) is 15.3 Å². The molecule has 1 saturated heterocycles. The Hall–Kier alpha value is -1.12. The minimum atomic E-state index is 0.927. The highest BCUT2D eigenvalue weighted by Gasteiger charge is 2.11. The lowest BCUT2D eigenvalue weighted by Crippen LogP contribution is -2.18. The number of nitrogens with one attached hydrogen (secondary N) is 1. The molecule has 1 fully saturated rings. The predicted octanol–water partition coefficient (Wildman–Crippen LogP) is 2.52. The lowest BCUT2D eigenvalue weighted by Gasteiger charge is -2.14. The highest BCUT2D eigenvalue weighted by Crippen LogP contribution is 2.14. The third-order valence-corrected chi connectivity index (χ3v) is 3.19. The van der Waals surface area contributed by atoms with Crippen LogP contribution in [-0.2, 0) is 6.54 Å². The van der Waals surface area contributed by atoms with Gasteiger partial charge in [0.2, 0.25) is 0 Å². The third kappa shape index (κ3) is 3.99. The number of nitrogens with zero attached hydrogens (tertiary/aromatic N) is 1. The Morgan fingerprint density at radius 2 is 2.12 bits per heavy atom. The van der Waals surface area contributed by atoms with Crippen molar-refractivity contribution in [2.75, 3.05) is 26.7 Å². The number of hydrogen-bond donors (Lipinski definition) is 1. The van der Waals surface area contributed by atoms with E-state index in [4.69, 9.17) is 0 Å². The van der Waals surface area contributed by atoms with Gasteiger partial charge in [0.1, 0.15) is 0 Å². The molecule has 1 aromatic rings. The highest BCUT2D eigenvalue weighted by molar-refractivity contribution is 5.50. The van der Waals surface area contributed by atoms with E-state index in [1.807, 2.05) is 7.05 Å². The Bertz CT molecular complexity index is 365. The van der Waals surface area contributed by atoms with Crippen LogP contribution in [0.25, 0.3) is 6.08 Å². The fourth-order valence-corrected chi connectivity index (χ4v) is 2.31. The molecule has 0 aromatic heterocycles. The van der Waals surface area contributed by atoms with Crippen molar-refractivity contribution in [3.8, 4) is 0 Å². The molecule has 0 amide bonds. The van der Waals surface area contributed by atoms with Gasteiger partial charge in [0.15, 0.2) is 0 Å². The maximum atomic E-state index is 3.12. The summed E-state index contributed by atoms with van der Waals surface area (Å²) < 4.78 is 0. The zero-order valence-corrected chi connectivity index (χ0v) is 10.7. The number of benzene rings is 1. The molecular formula is C15H22N2. The molecule has 1 N–H and O–H groups in total. The summed E-state index contributed by atoms with van der Waals surface area (Å²) in [5.74, 6) is 0. The quantitative estimate of drug-likeness (QED) is 0.836. The molecule has 17 heavy (non-hydrogen) atoms. The van der Waals surface area contributed by atoms with Gasteiger partial charge in [-0.25, -0.2) is 0 Å². The second kappa shape index (κ2) is 6.58. The zero-order chi connectivity index (χ0) is 11.9. The molecule has 0 aliphatic carbocycles. The maximum Gasteiger partial charge on any atom is 0.0233 e. The van der Waals surface area contributed by atoms with Gasteiger partial charge in [0, 0.05) is 13.1 Å². The van der Waals surface area contributed by atoms with E-state index in [-0.39, 0.29) is 0 Å². The smallest absolute Gasteiger partial charge is 0.0233 e. The summed E-state index contributed by atoms with van der Waals surface area (Å²) in [7, 11) is 1.97. The van der Waals surface area contributed by atoms with Gasteiger partial charge in [0.05, 0.1) is 0 Å². The number of hydrogen-bond acceptors (Lipinski definition) is 2. The zero-order valence-electron chi connectivity index (χ0n) is 10.7. The summed E-state index contributed by atoms with van der Waals surface area (Å²) in [6.07, 6.45) is 7.07. The van der Waals surface area contributed by atoms with Crippen molar-refractivity contribution in [2.24, 2.45) is 0 Å². The lowest BCUT2D eigenvalue weighted by molar-refractivity contribution is 0.331. The molecule has 1 aromatic carbocycles. The van der Waals surface area contributed by atoms with Gasteiger partial charge < -0.3 is 5.32 Å². The average molecular weight is 230 g/mol. The molecule has 92 valence electrons. The Morgan fingerprint density at radius 1 is 1.29 bits per heavy atom. The Morgan fingerprint density at radius 3 is 2.88 bits per heavy atom. The van der Waals surface area contributed by atoms with Gasteiger partial charge in [-0.05, 0) is 44.1 Å². The standard InChI is InChI=1S/C15H22N2/c1-16-9-5-8-14-6-4-7-15(12-14)13-17-10-2-3-11-17/h4-8,12,16H,2-3,9-11,13H2,1H3. The minimum absolute atomic E-state index is 0.927. The van der Waals surface area contributed by atoms with Gasteiger partial charge >= 0.3 is 0 Å². The van der Waals surface area contributed by atoms with Crippen molar-refractivity contribution < 1.29 is 0 Å². The van der Waals surface area contributed by atoms with E-state index in [9.17, 15) is 0 Å². The first-order valence-corrected chi connectivity index (χ1v) is 6.51.